The van der Waals surface area contributed by atoms with Crippen LogP contribution in [0.1, 0.15) is 55.1 Å². The Labute approximate surface area is 131 Å². The molecule has 0 radical (unpaired) electrons. The van der Waals surface area contributed by atoms with Crippen LogP contribution in [0.4, 0.5) is 0 Å². The number of hydrogen-bond acceptors (Lipinski definition) is 1. The first kappa shape index (κ1) is 13.6. The second-order valence-corrected chi connectivity index (χ2v) is 6.48. The van der Waals surface area contributed by atoms with Crippen LogP contribution >= 0.6 is 0 Å². The fourth-order valence-corrected chi connectivity index (χ4v) is 3.95. The Hall–Kier alpha value is -2.03. The van der Waals surface area contributed by atoms with E-state index in [-0.39, 0.29) is 0 Å². The van der Waals surface area contributed by atoms with Crippen LogP contribution < -0.4 is 4.40 Å². The molecule has 0 bridgehead atoms. The van der Waals surface area contributed by atoms with Gasteiger partial charge in [0.15, 0.2) is 5.69 Å². The van der Waals surface area contributed by atoms with E-state index in [2.05, 4.69) is 53.3 Å². The summed E-state index contributed by atoms with van der Waals surface area (Å²) >= 11 is 0. The lowest BCUT2D eigenvalue weighted by Crippen LogP contribution is -2.28. The van der Waals surface area contributed by atoms with Gasteiger partial charge in [-0.3, -0.25) is 0 Å². The Morgan fingerprint density at radius 1 is 1.09 bits per heavy atom. The fraction of sp³-hybridized carbons (Fsp3) is 0.421. The van der Waals surface area contributed by atoms with Gasteiger partial charge in [-0.05, 0) is 31.4 Å². The number of hydrogen-bond donors (Lipinski definition) is 0. The van der Waals surface area contributed by atoms with E-state index >= 15 is 0 Å². The molecule has 1 aliphatic rings. The van der Waals surface area contributed by atoms with Crippen molar-refractivity contribution in [2.45, 2.75) is 51.9 Å². The zero-order chi connectivity index (χ0) is 15.1. The van der Waals surface area contributed by atoms with Gasteiger partial charge in [0.1, 0.15) is 18.1 Å². The van der Waals surface area contributed by atoms with Crippen molar-refractivity contribution in [3.63, 3.8) is 0 Å². The topological polar surface area (TPSA) is 22.2 Å². The van der Waals surface area contributed by atoms with Gasteiger partial charge in [0, 0.05) is 6.92 Å². The van der Waals surface area contributed by atoms with E-state index in [0.717, 1.165) is 5.71 Å². The number of imidazole rings is 1. The molecule has 114 valence electrons. The van der Waals surface area contributed by atoms with Gasteiger partial charge >= 0.3 is 5.71 Å². The van der Waals surface area contributed by atoms with Gasteiger partial charge in [0.2, 0.25) is 0 Å². The van der Waals surface area contributed by atoms with E-state index in [1.165, 1.54) is 54.9 Å². The molecule has 3 aromatic rings. The Bertz CT molecular complexity index is 806. The van der Waals surface area contributed by atoms with Crippen LogP contribution in [0, 0.1) is 13.8 Å². The zero-order valence-corrected chi connectivity index (χ0v) is 13.4. The highest BCUT2D eigenvalue weighted by atomic mass is 16.3. The van der Waals surface area contributed by atoms with E-state index in [0.29, 0.717) is 5.92 Å². The summed E-state index contributed by atoms with van der Waals surface area (Å²) in [4.78, 5) is 0. The third-order valence-electron chi connectivity index (χ3n) is 5.06. The molecule has 1 aliphatic carbocycles. The van der Waals surface area contributed by atoms with Gasteiger partial charge in [0.05, 0.1) is 5.92 Å². The van der Waals surface area contributed by atoms with E-state index in [9.17, 15) is 0 Å². The molecule has 22 heavy (non-hydrogen) atoms. The van der Waals surface area contributed by atoms with Gasteiger partial charge < -0.3 is 4.42 Å². The second-order valence-electron chi connectivity index (χ2n) is 6.48. The second kappa shape index (κ2) is 5.31. The van der Waals surface area contributed by atoms with Crippen LogP contribution in [-0.2, 0) is 0 Å². The highest BCUT2D eigenvalue weighted by Gasteiger charge is 2.34. The van der Waals surface area contributed by atoms with E-state index in [1.807, 2.05) is 0 Å². The van der Waals surface area contributed by atoms with Gasteiger partial charge in [-0.1, -0.05) is 37.5 Å². The molecule has 1 aromatic carbocycles. The number of nitrogens with zero attached hydrogens (tertiary/aromatic N) is 2. The number of fused-ring (bicyclic) bond motifs is 1. The average Bonchev–Trinajstić information content (AvgIpc) is 3.11. The van der Waals surface area contributed by atoms with Crippen LogP contribution in [0.25, 0.3) is 11.4 Å². The minimum atomic E-state index is 0.618. The average molecular weight is 295 g/mol. The first-order valence-electron chi connectivity index (χ1n) is 8.33. The molecule has 0 atom stereocenters. The quantitative estimate of drug-likeness (QED) is 0.639. The Morgan fingerprint density at radius 2 is 1.86 bits per heavy atom. The van der Waals surface area contributed by atoms with Crippen LogP contribution in [0.2, 0.25) is 0 Å². The summed E-state index contributed by atoms with van der Waals surface area (Å²) < 4.78 is 10.4. The summed E-state index contributed by atoms with van der Waals surface area (Å²) in [6.45, 7) is 4.35. The summed E-state index contributed by atoms with van der Waals surface area (Å²) in [5.74, 6) is 2.00. The van der Waals surface area contributed by atoms with E-state index in [4.69, 9.17) is 4.42 Å². The molecule has 3 heteroatoms. The molecule has 0 N–H and O–H groups in total. The largest absolute Gasteiger partial charge is 0.424 e. The SMILES string of the molecule is Cc1ccccc1-n1c(C)c2occ[n+]2c1C1CCCCC1. The van der Waals surface area contributed by atoms with E-state index in [1.54, 1.807) is 6.26 Å². The lowest BCUT2D eigenvalue weighted by Gasteiger charge is -2.19. The maximum Gasteiger partial charge on any atom is 0.338 e. The van der Waals surface area contributed by atoms with Crippen LogP contribution in [0.3, 0.4) is 0 Å². The van der Waals surface area contributed by atoms with Crippen LogP contribution in [-0.4, -0.2) is 4.57 Å². The van der Waals surface area contributed by atoms with Crippen molar-refractivity contribution < 1.29 is 8.82 Å². The molecule has 0 aliphatic heterocycles. The number of rotatable bonds is 2. The summed E-state index contributed by atoms with van der Waals surface area (Å²) in [6, 6.07) is 8.63. The summed E-state index contributed by atoms with van der Waals surface area (Å²) in [6.07, 6.45) is 10.5. The molecule has 2 aromatic heterocycles. The molecule has 4 rings (SSSR count). The molecule has 1 saturated carbocycles. The van der Waals surface area contributed by atoms with Crippen LogP contribution in [0.15, 0.2) is 41.1 Å². The Morgan fingerprint density at radius 3 is 2.64 bits per heavy atom. The Kier molecular flexibility index (Phi) is 3.29. The van der Waals surface area contributed by atoms with Crippen molar-refractivity contribution in [1.29, 1.82) is 0 Å². The molecular weight excluding hydrogens is 272 g/mol. The molecule has 2 heterocycles. The number of aromatic nitrogens is 2. The predicted molar refractivity (Wildman–Crippen MR) is 86.5 cm³/mol. The maximum atomic E-state index is 5.76. The standard InChI is InChI=1S/C19H23N2O/c1-14-8-6-7-11-17(14)21-15(2)19-20(12-13-22-19)18(21)16-9-4-3-5-10-16/h6-8,11-13,16H,3-5,9-10H2,1-2H3/q+1. The van der Waals surface area contributed by atoms with Crippen molar-refractivity contribution in [3.8, 4) is 5.69 Å². The maximum absolute atomic E-state index is 5.76. The lowest BCUT2D eigenvalue weighted by molar-refractivity contribution is -0.526. The Balaban J connectivity index is 1.98. The molecule has 0 saturated heterocycles. The third kappa shape index (κ3) is 1.99. The number of aryl methyl sites for hydroxylation is 2. The number of benzene rings is 1. The summed E-state index contributed by atoms with van der Waals surface area (Å²) in [5, 5.41) is 0. The van der Waals surface area contributed by atoms with Crippen molar-refractivity contribution in [2.24, 2.45) is 0 Å². The molecule has 0 unspecified atom stereocenters. The first-order valence-corrected chi connectivity index (χ1v) is 8.33. The molecular formula is C19H23N2O+. The minimum Gasteiger partial charge on any atom is -0.424 e. The summed E-state index contributed by atoms with van der Waals surface area (Å²) in [5.41, 5.74) is 4.75. The van der Waals surface area contributed by atoms with E-state index < -0.39 is 0 Å². The highest BCUT2D eigenvalue weighted by Crippen LogP contribution is 2.34. The lowest BCUT2D eigenvalue weighted by atomic mass is 9.88. The van der Waals surface area contributed by atoms with Crippen LogP contribution in [0.5, 0.6) is 0 Å². The molecule has 1 fully saturated rings. The van der Waals surface area contributed by atoms with Gasteiger partial charge in [-0.15, -0.1) is 0 Å². The molecule has 0 amide bonds. The summed E-state index contributed by atoms with van der Waals surface area (Å²) in [7, 11) is 0. The molecule has 0 spiro atoms. The van der Waals surface area contributed by atoms with Crippen molar-refractivity contribution in [2.75, 3.05) is 0 Å². The third-order valence-corrected chi connectivity index (χ3v) is 5.06. The first-order chi connectivity index (χ1) is 10.8. The number of oxazole rings is 1. The van der Waals surface area contributed by atoms with Crippen molar-refractivity contribution in [1.82, 2.24) is 4.57 Å². The zero-order valence-electron chi connectivity index (χ0n) is 13.4. The normalized spacial score (nSPS) is 16.5. The highest BCUT2D eigenvalue weighted by molar-refractivity contribution is 5.47. The predicted octanol–water partition coefficient (Wildman–Crippen LogP) is 4.47. The fourth-order valence-electron chi connectivity index (χ4n) is 3.95. The smallest absolute Gasteiger partial charge is 0.338 e. The molecule has 3 nitrogen and oxygen atoms in total. The van der Waals surface area contributed by atoms with Gasteiger partial charge in [-0.2, -0.15) is 8.97 Å². The van der Waals surface area contributed by atoms with Crippen molar-refractivity contribution in [3.05, 3.63) is 53.8 Å². The van der Waals surface area contributed by atoms with Gasteiger partial charge in [0.25, 0.3) is 5.82 Å². The number of para-hydroxylation sites is 1. The monoisotopic (exact) mass is 295 g/mol. The minimum absolute atomic E-state index is 0.618. The van der Waals surface area contributed by atoms with Gasteiger partial charge in [-0.25, -0.2) is 0 Å². The van der Waals surface area contributed by atoms with Crippen molar-refractivity contribution >= 4 is 5.71 Å².